The number of nitrogens with one attached hydrogen (secondary N) is 1. The van der Waals surface area contributed by atoms with Gasteiger partial charge in [-0.1, -0.05) is 6.07 Å². The number of pyridine rings is 1. The molecular formula is C19H24N4OS. The first-order chi connectivity index (χ1) is 12.3. The molecule has 3 heterocycles. The molecular weight excluding hydrogens is 332 g/mol. The van der Waals surface area contributed by atoms with Gasteiger partial charge in [-0.3, -0.25) is 9.78 Å². The number of hydrogen-bond donors (Lipinski definition) is 1. The van der Waals surface area contributed by atoms with Gasteiger partial charge in [0.25, 0.3) is 5.91 Å². The van der Waals surface area contributed by atoms with Crippen molar-refractivity contribution in [2.24, 2.45) is 11.8 Å². The fourth-order valence-electron chi connectivity index (χ4n) is 3.68. The molecule has 25 heavy (non-hydrogen) atoms. The summed E-state index contributed by atoms with van der Waals surface area (Å²) >= 11 is 1.62. The lowest BCUT2D eigenvalue weighted by Gasteiger charge is -2.36. The van der Waals surface area contributed by atoms with Crippen LogP contribution in [0.4, 0.5) is 0 Å². The average Bonchev–Trinajstić information content (AvgIpc) is 3.30. The fourth-order valence-corrected chi connectivity index (χ4v) is 4.46. The van der Waals surface area contributed by atoms with E-state index in [2.05, 4.69) is 20.2 Å². The Morgan fingerprint density at radius 1 is 1.28 bits per heavy atom. The van der Waals surface area contributed by atoms with Crippen molar-refractivity contribution in [2.75, 3.05) is 19.6 Å². The zero-order valence-electron chi connectivity index (χ0n) is 14.3. The van der Waals surface area contributed by atoms with Crippen LogP contribution in [0.25, 0.3) is 0 Å². The number of aromatic nitrogens is 2. The molecule has 6 heteroatoms. The molecule has 2 aliphatic rings. The SMILES string of the molecule is O=C(N[C@H](c1nccs1)[C@H]1CCCN(CC2CC2)C1)c1ccccn1. The van der Waals surface area contributed by atoms with E-state index in [1.165, 1.54) is 32.4 Å². The number of likely N-dealkylation sites (tertiary alicyclic amines) is 1. The number of rotatable bonds is 6. The number of nitrogens with zero attached hydrogens (tertiary/aromatic N) is 3. The van der Waals surface area contributed by atoms with Gasteiger partial charge in [0.2, 0.25) is 0 Å². The van der Waals surface area contributed by atoms with Gasteiger partial charge >= 0.3 is 0 Å². The number of hydrogen-bond acceptors (Lipinski definition) is 5. The number of amides is 1. The van der Waals surface area contributed by atoms with Crippen LogP contribution in [0.2, 0.25) is 0 Å². The summed E-state index contributed by atoms with van der Waals surface area (Å²) in [6.07, 6.45) is 8.57. The Morgan fingerprint density at radius 2 is 2.20 bits per heavy atom. The van der Waals surface area contributed by atoms with Crippen LogP contribution in [0.3, 0.4) is 0 Å². The molecule has 0 bridgehead atoms. The summed E-state index contributed by atoms with van der Waals surface area (Å²) in [7, 11) is 0. The highest BCUT2D eigenvalue weighted by molar-refractivity contribution is 7.09. The molecule has 0 spiro atoms. The summed E-state index contributed by atoms with van der Waals surface area (Å²) in [4.78, 5) is 23.9. The minimum Gasteiger partial charge on any atom is -0.341 e. The molecule has 2 fully saturated rings. The topological polar surface area (TPSA) is 58.1 Å². The first kappa shape index (κ1) is 16.7. The van der Waals surface area contributed by atoms with Gasteiger partial charge in [0.1, 0.15) is 10.7 Å². The van der Waals surface area contributed by atoms with Gasteiger partial charge in [0.15, 0.2) is 0 Å². The minimum atomic E-state index is -0.111. The Labute approximate surface area is 152 Å². The lowest BCUT2D eigenvalue weighted by Crippen LogP contribution is -2.43. The largest absolute Gasteiger partial charge is 0.341 e. The third-order valence-electron chi connectivity index (χ3n) is 5.13. The maximum Gasteiger partial charge on any atom is 0.270 e. The molecule has 132 valence electrons. The molecule has 0 radical (unpaired) electrons. The molecule has 1 aliphatic carbocycles. The number of carbonyl (C=O) groups excluding carboxylic acids is 1. The Hall–Kier alpha value is -1.79. The van der Waals surface area contributed by atoms with Gasteiger partial charge in [-0.25, -0.2) is 4.98 Å². The van der Waals surface area contributed by atoms with E-state index in [0.717, 1.165) is 23.9 Å². The second kappa shape index (κ2) is 7.62. The van der Waals surface area contributed by atoms with E-state index in [4.69, 9.17) is 0 Å². The first-order valence-electron chi connectivity index (χ1n) is 9.13. The molecule has 1 aliphatic heterocycles. The van der Waals surface area contributed by atoms with Crippen LogP contribution in [0.1, 0.15) is 47.2 Å². The third kappa shape index (κ3) is 4.25. The van der Waals surface area contributed by atoms with E-state index in [1.54, 1.807) is 23.6 Å². The monoisotopic (exact) mass is 356 g/mol. The lowest BCUT2D eigenvalue weighted by atomic mass is 9.90. The molecule has 1 saturated carbocycles. The van der Waals surface area contributed by atoms with Crippen molar-refractivity contribution in [3.63, 3.8) is 0 Å². The van der Waals surface area contributed by atoms with E-state index in [1.807, 2.05) is 23.7 Å². The highest BCUT2D eigenvalue weighted by Crippen LogP contribution is 2.34. The van der Waals surface area contributed by atoms with Gasteiger partial charge in [-0.05, 0) is 56.2 Å². The van der Waals surface area contributed by atoms with Gasteiger partial charge in [-0.2, -0.15) is 0 Å². The Balaban J connectivity index is 1.49. The van der Waals surface area contributed by atoms with Crippen LogP contribution >= 0.6 is 11.3 Å². The van der Waals surface area contributed by atoms with Crippen LogP contribution in [0, 0.1) is 11.8 Å². The van der Waals surface area contributed by atoms with E-state index in [0.29, 0.717) is 11.6 Å². The summed E-state index contributed by atoms with van der Waals surface area (Å²) in [6.45, 7) is 3.45. The Bertz CT molecular complexity index is 687. The van der Waals surface area contributed by atoms with Crippen molar-refractivity contribution in [2.45, 2.75) is 31.7 Å². The highest BCUT2D eigenvalue weighted by Gasteiger charge is 2.33. The smallest absolute Gasteiger partial charge is 0.270 e. The van der Waals surface area contributed by atoms with Crippen molar-refractivity contribution in [3.8, 4) is 0 Å². The molecule has 0 aromatic carbocycles. The van der Waals surface area contributed by atoms with Gasteiger partial charge in [-0.15, -0.1) is 11.3 Å². The predicted molar refractivity (Wildman–Crippen MR) is 98.4 cm³/mol. The third-order valence-corrected chi connectivity index (χ3v) is 5.99. The maximum atomic E-state index is 12.7. The van der Waals surface area contributed by atoms with Crippen LogP contribution in [-0.2, 0) is 0 Å². The van der Waals surface area contributed by atoms with Crippen molar-refractivity contribution >= 4 is 17.2 Å². The Morgan fingerprint density at radius 3 is 2.92 bits per heavy atom. The molecule has 1 saturated heterocycles. The van der Waals surface area contributed by atoms with E-state index in [9.17, 15) is 4.79 Å². The quantitative estimate of drug-likeness (QED) is 0.864. The molecule has 4 rings (SSSR count). The molecule has 2 aromatic rings. The fraction of sp³-hybridized carbons (Fsp3) is 0.526. The van der Waals surface area contributed by atoms with Crippen molar-refractivity contribution in [1.82, 2.24) is 20.2 Å². The first-order valence-corrected chi connectivity index (χ1v) is 10.0. The molecule has 2 atom stereocenters. The number of piperidine rings is 1. The minimum absolute atomic E-state index is 0.0310. The number of thiazole rings is 1. The average molecular weight is 356 g/mol. The lowest BCUT2D eigenvalue weighted by molar-refractivity contribution is 0.0875. The second-order valence-corrected chi connectivity index (χ2v) is 8.07. The second-order valence-electron chi connectivity index (χ2n) is 7.14. The predicted octanol–water partition coefficient (Wildman–Crippen LogP) is 3.13. The standard InChI is InChI=1S/C19H24N4OS/c24-18(16-5-1-2-8-20-16)22-17(19-21-9-11-25-19)15-4-3-10-23(13-15)12-14-6-7-14/h1-2,5,8-9,11,14-15,17H,3-4,6-7,10,12-13H2,(H,22,24)/t15-,17-/m0/s1. The number of carbonyl (C=O) groups is 1. The van der Waals surface area contributed by atoms with E-state index < -0.39 is 0 Å². The van der Waals surface area contributed by atoms with Crippen molar-refractivity contribution in [3.05, 3.63) is 46.7 Å². The van der Waals surface area contributed by atoms with Gasteiger partial charge in [0, 0.05) is 30.9 Å². The molecule has 2 aromatic heterocycles. The van der Waals surface area contributed by atoms with Crippen molar-refractivity contribution in [1.29, 1.82) is 0 Å². The van der Waals surface area contributed by atoms with Crippen molar-refractivity contribution < 1.29 is 4.79 Å². The van der Waals surface area contributed by atoms with Crippen LogP contribution in [0.15, 0.2) is 36.0 Å². The van der Waals surface area contributed by atoms with E-state index in [-0.39, 0.29) is 11.9 Å². The van der Waals surface area contributed by atoms with Crippen LogP contribution in [-0.4, -0.2) is 40.4 Å². The summed E-state index contributed by atoms with van der Waals surface area (Å²) in [5, 5.41) is 6.20. The Kier molecular flexibility index (Phi) is 5.08. The van der Waals surface area contributed by atoms with Gasteiger partial charge in [0.05, 0.1) is 6.04 Å². The molecule has 0 unspecified atom stereocenters. The molecule has 1 N–H and O–H groups in total. The molecule has 5 nitrogen and oxygen atoms in total. The zero-order chi connectivity index (χ0) is 17.1. The zero-order valence-corrected chi connectivity index (χ0v) is 15.1. The highest BCUT2D eigenvalue weighted by atomic mass is 32.1. The van der Waals surface area contributed by atoms with Crippen LogP contribution < -0.4 is 5.32 Å². The molecule has 1 amide bonds. The maximum absolute atomic E-state index is 12.7. The summed E-state index contributed by atoms with van der Waals surface area (Å²) < 4.78 is 0. The summed E-state index contributed by atoms with van der Waals surface area (Å²) in [6, 6.07) is 5.40. The van der Waals surface area contributed by atoms with Crippen LogP contribution in [0.5, 0.6) is 0 Å². The summed E-state index contributed by atoms with van der Waals surface area (Å²) in [5.74, 6) is 1.20. The normalized spacial score (nSPS) is 22.5. The summed E-state index contributed by atoms with van der Waals surface area (Å²) in [5.41, 5.74) is 0.467. The van der Waals surface area contributed by atoms with E-state index >= 15 is 0 Å². The van der Waals surface area contributed by atoms with Gasteiger partial charge < -0.3 is 10.2 Å².